The van der Waals surface area contributed by atoms with Gasteiger partial charge in [-0.05, 0) is 98.2 Å². The average Bonchev–Trinajstić information content (AvgIpc) is 3.88. The van der Waals surface area contributed by atoms with Crippen LogP contribution < -0.4 is 5.32 Å². The number of rotatable bonds is 13. The zero-order chi connectivity index (χ0) is 44.5. The second kappa shape index (κ2) is 17.2. The summed E-state index contributed by atoms with van der Waals surface area (Å²) in [7, 11) is 3.81. The van der Waals surface area contributed by atoms with E-state index in [9.17, 15) is 39.0 Å². The van der Waals surface area contributed by atoms with Crippen molar-refractivity contribution in [3.63, 3.8) is 0 Å². The Morgan fingerprint density at radius 2 is 1.51 bits per heavy atom. The highest BCUT2D eigenvalue weighted by atomic mass is 16.5. The lowest BCUT2D eigenvalue weighted by Gasteiger charge is -2.36. The van der Waals surface area contributed by atoms with E-state index in [4.69, 9.17) is 24.2 Å². The number of H-pyrrole nitrogens is 2. The van der Waals surface area contributed by atoms with Gasteiger partial charge in [-0.25, -0.2) is 14.6 Å². The van der Waals surface area contributed by atoms with Crippen LogP contribution in [0.5, 0.6) is 0 Å². The lowest BCUT2D eigenvalue weighted by molar-refractivity contribution is -0.149. The van der Waals surface area contributed by atoms with Crippen LogP contribution in [-0.2, 0) is 54.8 Å². The minimum Gasteiger partial charge on any atom is -0.481 e. The maximum atomic E-state index is 13.8. The van der Waals surface area contributed by atoms with E-state index in [-0.39, 0.29) is 31.3 Å². The van der Waals surface area contributed by atoms with Gasteiger partial charge in [0.05, 0.1) is 61.5 Å². The predicted octanol–water partition coefficient (Wildman–Crippen LogP) is 5.68. The van der Waals surface area contributed by atoms with Crippen molar-refractivity contribution in [2.75, 3.05) is 21.3 Å². The van der Waals surface area contributed by atoms with Crippen LogP contribution in [-0.4, -0.2) is 93.3 Å². The SMILES string of the molecule is C=Cc1c(C)c2cc3nc(cc4[nH]c(cc5nc(cc1[nH]2)C(C)=C5CCC(=O)NC(CC(=O)O)C(=O)O)c(CCC(=O)OC)c4C)[C@@]1(C)C3=CC=C(C(=O)OC)[C@H]1C(=O)OC. The number of hydrogen-bond acceptors (Lipinski definition) is 11. The Bertz CT molecular complexity index is 2680. The largest absolute Gasteiger partial charge is 0.481 e. The molecule has 5 heterocycles. The van der Waals surface area contributed by atoms with Crippen molar-refractivity contribution in [3.05, 3.63) is 93.6 Å². The first kappa shape index (κ1) is 43.5. The van der Waals surface area contributed by atoms with Crippen molar-refractivity contribution in [1.29, 1.82) is 0 Å². The number of carboxylic acid groups (broad SMARTS) is 2. The Hall–Kier alpha value is -7.10. The van der Waals surface area contributed by atoms with Crippen LogP contribution in [0.25, 0.3) is 44.9 Å². The Balaban J connectivity index is 1.66. The lowest BCUT2D eigenvalue weighted by atomic mass is 9.64. The number of esters is 3. The summed E-state index contributed by atoms with van der Waals surface area (Å²) in [5.74, 6) is -6.41. The van der Waals surface area contributed by atoms with Crippen molar-refractivity contribution in [3.8, 4) is 0 Å². The lowest BCUT2D eigenvalue weighted by Crippen LogP contribution is -2.42. The monoisotopic (exact) mass is 833 g/mol. The molecule has 3 aromatic heterocycles. The molecule has 0 fully saturated rings. The van der Waals surface area contributed by atoms with E-state index < -0.39 is 59.5 Å². The number of aryl methyl sites for hydroxylation is 3. The molecule has 1 aliphatic carbocycles. The molecular weight excluding hydrogens is 787 g/mol. The fourth-order valence-corrected chi connectivity index (χ4v) is 8.33. The minimum atomic E-state index is -1.61. The number of amides is 1. The quantitative estimate of drug-likeness (QED) is 0.103. The summed E-state index contributed by atoms with van der Waals surface area (Å²) >= 11 is 0. The predicted molar refractivity (Wildman–Crippen MR) is 225 cm³/mol. The molecule has 1 amide bonds. The number of nitrogens with one attached hydrogen (secondary N) is 3. The van der Waals surface area contributed by atoms with Crippen LogP contribution in [0.15, 0.2) is 48.6 Å². The maximum Gasteiger partial charge on any atom is 0.334 e. The summed E-state index contributed by atoms with van der Waals surface area (Å²) in [6.07, 6.45) is 4.52. The highest BCUT2D eigenvalue weighted by Gasteiger charge is 2.53. The molecular formula is C45H47N5O11. The molecule has 6 rings (SSSR count). The number of nitrogens with zero attached hydrogens (tertiary/aromatic N) is 2. The van der Waals surface area contributed by atoms with E-state index >= 15 is 0 Å². The van der Waals surface area contributed by atoms with E-state index in [0.717, 1.165) is 27.8 Å². The highest BCUT2D eigenvalue weighted by molar-refractivity contribution is 6.02. The number of aliphatic carboxylic acids is 2. The summed E-state index contributed by atoms with van der Waals surface area (Å²) in [5.41, 5.74) is 8.68. The van der Waals surface area contributed by atoms with Gasteiger partial charge in [0.25, 0.3) is 0 Å². The molecule has 3 aliphatic rings. The van der Waals surface area contributed by atoms with Crippen molar-refractivity contribution in [2.45, 2.75) is 71.3 Å². The number of carboxylic acids is 2. The maximum absolute atomic E-state index is 13.8. The summed E-state index contributed by atoms with van der Waals surface area (Å²) < 4.78 is 15.4. The van der Waals surface area contributed by atoms with Gasteiger partial charge < -0.3 is 39.7 Å². The van der Waals surface area contributed by atoms with Crippen LogP contribution in [0.1, 0.15) is 84.6 Å². The molecule has 2 aliphatic heterocycles. The first-order valence-electron chi connectivity index (χ1n) is 19.4. The molecule has 318 valence electrons. The number of methoxy groups -OCH3 is 3. The molecule has 3 aromatic rings. The molecule has 61 heavy (non-hydrogen) atoms. The Labute approximate surface area is 350 Å². The summed E-state index contributed by atoms with van der Waals surface area (Å²) in [6, 6.07) is 5.76. The molecule has 5 N–H and O–H groups in total. The van der Waals surface area contributed by atoms with Crippen molar-refractivity contribution < 1.29 is 53.2 Å². The van der Waals surface area contributed by atoms with E-state index in [0.29, 0.717) is 56.0 Å². The number of aromatic amines is 2. The molecule has 0 saturated carbocycles. The molecule has 0 radical (unpaired) electrons. The normalized spacial score (nSPS) is 17.3. The van der Waals surface area contributed by atoms with Gasteiger partial charge in [-0.2, -0.15) is 0 Å². The fraction of sp³-hybridized carbons (Fsp3) is 0.333. The second-order valence-electron chi connectivity index (χ2n) is 15.2. The van der Waals surface area contributed by atoms with Crippen LogP contribution in [0, 0.1) is 19.8 Å². The minimum absolute atomic E-state index is 0.0465. The first-order chi connectivity index (χ1) is 29.0. The number of hydrogen-bond donors (Lipinski definition) is 5. The number of fused-ring (bicyclic) bond motifs is 11. The van der Waals surface area contributed by atoms with Gasteiger partial charge in [0.15, 0.2) is 0 Å². The van der Waals surface area contributed by atoms with Crippen LogP contribution in [0.4, 0.5) is 0 Å². The van der Waals surface area contributed by atoms with Gasteiger partial charge in [0.1, 0.15) is 12.0 Å². The third kappa shape index (κ3) is 8.12. The van der Waals surface area contributed by atoms with Gasteiger partial charge in [-0.15, -0.1) is 0 Å². The fourth-order valence-electron chi connectivity index (χ4n) is 8.33. The van der Waals surface area contributed by atoms with Crippen molar-refractivity contribution in [1.82, 2.24) is 25.3 Å². The number of aromatic nitrogens is 4. The van der Waals surface area contributed by atoms with Crippen LogP contribution in [0.3, 0.4) is 0 Å². The Morgan fingerprint density at radius 1 is 0.836 bits per heavy atom. The van der Waals surface area contributed by atoms with Crippen molar-refractivity contribution in [2.24, 2.45) is 5.92 Å². The van der Waals surface area contributed by atoms with Gasteiger partial charge in [0.2, 0.25) is 5.91 Å². The van der Waals surface area contributed by atoms with Crippen molar-refractivity contribution >= 4 is 80.6 Å². The summed E-state index contributed by atoms with van der Waals surface area (Å²) in [6.45, 7) is 11.6. The third-order valence-electron chi connectivity index (χ3n) is 11.7. The Kier molecular flexibility index (Phi) is 12.3. The molecule has 1 unspecified atom stereocenters. The second-order valence-corrected chi connectivity index (χ2v) is 15.2. The highest BCUT2D eigenvalue weighted by Crippen LogP contribution is 2.52. The van der Waals surface area contributed by atoms with E-state index in [1.807, 2.05) is 52.0 Å². The molecule has 16 nitrogen and oxygen atoms in total. The van der Waals surface area contributed by atoms with Gasteiger partial charge in [-0.3, -0.25) is 24.2 Å². The number of carbonyl (C=O) groups is 6. The number of allylic oxidation sites excluding steroid dienone is 5. The summed E-state index contributed by atoms with van der Waals surface area (Å²) in [4.78, 5) is 92.7. The number of carbonyl (C=O) groups excluding carboxylic acids is 4. The molecule has 0 spiro atoms. The zero-order valence-corrected chi connectivity index (χ0v) is 34.9. The Morgan fingerprint density at radius 3 is 2.15 bits per heavy atom. The van der Waals surface area contributed by atoms with E-state index in [2.05, 4.69) is 21.9 Å². The molecule has 3 atom stereocenters. The number of ether oxygens (including phenoxy) is 3. The van der Waals surface area contributed by atoms with E-state index in [1.54, 1.807) is 18.2 Å². The third-order valence-corrected chi connectivity index (χ3v) is 11.7. The van der Waals surface area contributed by atoms with Gasteiger partial charge >= 0.3 is 29.8 Å². The smallest absolute Gasteiger partial charge is 0.334 e. The first-order valence-corrected chi connectivity index (χ1v) is 19.4. The zero-order valence-electron chi connectivity index (χ0n) is 34.9. The standard InChI is InChI=1S/C45H47N5O11/c1-9-24-21(2)30-17-35-28-13-10-27(43(57)60-7)41(44(58)61-8)45(28,5)37(49-35)19-31-23(4)26(12-15-40(54)59-6)34(48-31)18-33-25(22(3)29(47-33)16-32(24)46-30)11-14-38(51)50-36(42(55)56)20-39(52)53/h9-10,13,16-19,36,41,46,48H,1,11-12,14-15,20H2,2-8H3,(H,50,51)(H,52,53)(H,55,56)/t36?,41-,45+/m0/s1. The van der Waals surface area contributed by atoms with Gasteiger partial charge in [-0.1, -0.05) is 24.8 Å². The molecule has 16 heteroatoms. The van der Waals surface area contributed by atoms with Crippen LogP contribution in [0.2, 0.25) is 0 Å². The molecule has 0 saturated heterocycles. The van der Waals surface area contributed by atoms with Crippen LogP contribution >= 0.6 is 0 Å². The van der Waals surface area contributed by atoms with E-state index in [1.165, 1.54) is 21.3 Å². The summed E-state index contributed by atoms with van der Waals surface area (Å²) in [5, 5.41) is 21.0. The molecule has 8 bridgehead atoms. The topological polar surface area (TPSA) is 240 Å². The average molecular weight is 834 g/mol. The molecule has 0 aromatic carbocycles. The van der Waals surface area contributed by atoms with Gasteiger partial charge in [0, 0.05) is 40.5 Å².